The number of piperazine rings is 1. The molecule has 1 aromatic carbocycles. The summed E-state index contributed by atoms with van der Waals surface area (Å²) < 4.78 is 10.9. The minimum Gasteiger partial charge on any atom is -0.454 e. The highest BCUT2D eigenvalue weighted by atomic mass is 32.1. The number of thiophene rings is 1. The summed E-state index contributed by atoms with van der Waals surface area (Å²) in [6.07, 6.45) is 2.86. The van der Waals surface area contributed by atoms with Gasteiger partial charge in [-0.3, -0.25) is 19.4 Å². The van der Waals surface area contributed by atoms with Crippen molar-refractivity contribution in [2.24, 2.45) is 5.73 Å². The number of nitrogens with two attached hydrogens (primary N) is 1. The number of benzene rings is 1. The number of fused-ring (bicyclic) bond motifs is 2. The number of rotatable bonds is 6. The lowest BCUT2D eigenvalue weighted by molar-refractivity contribution is -0.121. The number of primary amides is 1. The Hall–Kier alpha value is -2.62. The van der Waals surface area contributed by atoms with Gasteiger partial charge in [-0.05, 0) is 49.4 Å². The number of carbonyl (C=O) groups is 2. The molecule has 2 aromatic rings. The standard InChI is InChI=1S/C23H28N4O4S/c1-14(22(29)25-23-20(21(24)28)16-3-2-4-19(16)32-23)27-9-7-26(8-10-27)12-15-5-6-17-18(11-15)31-13-30-17/h5-6,11,14H,2-4,7-10,12-13H2,1H3,(H2,24,28)(H,25,29). The molecule has 1 aromatic heterocycles. The Morgan fingerprint density at radius 1 is 1.16 bits per heavy atom. The van der Waals surface area contributed by atoms with Crippen molar-refractivity contribution in [3.63, 3.8) is 0 Å². The normalized spacial score (nSPS) is 19.0. The van der Waals surface area contributed by atoms with Crippen LogP contribution in [0.5, 0.6) is 11.5 Å². The van der Waals surface area contributed by atoms with E-state index in [1.54, 1.807) is 0 Å². The van der Waals surface area contributed by atoms with E-state index in [1.165, 1.54) is 21.8 Å². The second kappa shape index (κ2) is 8.73. The summed E-state index contributed by atoms with van der Waals surface area (Å²) in [6.45, 7) is 6.43. The fraction of sp³-hybridized carbons (Fsp3) is 0.478. The van der Waals surface area contributed by atoms with Crippen LogP contribution in [0.1, 0.15) is 39.7 Å². The molecule has 32 heavy (non-hydrogen) atoms. The van der Waals surface area contributed by atoms with Crippen molar-refractivity contribution >= 4 is 28.2 Å². The van der Waals surface area contributed by atoms with Crippen molar-refractivity contribution < 1.29 is 19.1 Å². The van der Waals surface area contributed by atoms with Gasteiger partial charge in [0.15, 0.2) is 11.5 Å². The second-order valence-electron chi connectivity index (χ2n) is 8.59. The topological polar surface area (TPSA) is 97.1 Å². The number of aryl methyl sites for hydroxylation is 1. The molecule has 2 amide bonds. The Labute approximate surface area is 191 Å². The molecule has 8 nitrogen and oxygen atoms in total. The van der Waals surface area contributed by atoms with Gasteiger partial charge in [-0.1, -0.05) is 6.07 Å². The average Bonchev–Trinajstić information content (AvgIpc) is 3.49. The number of hydrogen-bond acceptors (Lipinski definition) is 7. The summed E-state index contributed by atoms with van der Waals surface area (Å²) in [5.74, 6) is 1.07. The fourth-order valence-electron chi connectivity index (χ4n) is 4.74. The molecular weight excluding hydrogens is 428 g/mol. The predicted molar refractivity (Wildman–Crippen MR) is 122 cm³/mol. The van der Waals surface area contributed by atoms with E-state index in [0.717, 1.165) is 69.0 Å². The van der Waals surface area contributed by atoms with Crippen molar-refractivity contribution in [3.8, 4) is 11.5 Å². The van der Waals surface area contributed by atoms with Gasteiger partial charge in [0.2, 0.25) is 12.7 Å². The molecule has 1 aliphatic carbocycles. The highest BCUT2D eigenvalue weighted by molar-refractivity contribution is 7.17. The Balaban J connectivity index is 1.16. The van der Waals surface area contributed by atoms with Crippen LogP contribution in [0, 0.1) is 0 Å². The molecule has 0 spiro atoms. The van der Waals surface area contributed by atoms with Gasteiger partial charge in [-0.15, -0.1) is 11.3 Å². The van der Waals surface area contributed by atoms with Gasteiger partial charge in [0.25, 0.3) is 5.91 Å². The van der Waals surface area contributed by atoms with Crippen LogP contribution in [0.25, 0.3) is 0 Å². The number of anilines is 1. The van der Waals surface area contributed by atoms with Crippen LogP contribution < -0.4 is 20.5 Å². The molecule has 3 aliphatic rings. The van der Waals surface area contributed by atoms with Crippen LogP contribution >= 0.6 is 11.3 Å². The maximum absolute atomic E-state index is 13.0. The molecule has 2 aliphatic heterocycles. The molecule has 0 bridgehead atoms. The van der Waals surface area contributed by atoms with Gasteiger partial charge < -0.3 is 20.5 Å². The van der Waals surface area contributed by atoms with E-state index in [-0.39, 0.29) is 18.7 Å². The lowest BCUT2D eigenvalue weighted by Crippen LogP contribution is -2.52. The summed E-state index contributed by atoms with van der Waals surface area (Å²) in [6, 6.07) is 5.80. The largest absolute Gasteiger partial charge is 0.454 e. The molecule has 3 heterocycles. The first-order valence-electron chi connectivity index (χ1n) is 11.1. The van der Waals surface area contributed by atoms with Gasteiger partial charge in [-0.2, -0.15) is 0 Å². The molecule has 1 saturated heterocycles. The van der Waals surface area contributed by atoms with Gasteiger partial charge in [0.05, 0.1) is 11.6 Å². The molecule has 0 saturated carbocycles. The van der Waals surface area contributed by atoms with Crippen LogP contribution in [0.3, 0.4) is 0 Å². The van der Waals surface area contributed by atoms with Crippen molar-refractivity contribution in [1.82, 2.24) is 9.80 Å². The number of nitrogens with one attached hydrogen (secondary N) is 1. The molecule has 170 valence electrons. The third-order valence-corrected chi connectivity index (χ3v) is 7.79. The number of carbonyl (C=O) groups excluding carboxylic acids is 2. The van der Waals surface area contributed by atoms with Gasteiger partial charge in [-0.25, -0.2) is 0 Å². The van der Waals surface area contributed by atoms with Crippen LogP contribution in [0.2, 0.25) is 0 Å². The molecule has 1 atom stereocenters. The third-order valence-electron chi connectivity index (χ3n) is 6.58. The van der Waals surface area contributed by atoms with Crippen molar-refractivity contribution in [2.75, 3.05) is 38.3 Å². The highest BCUT2D eigenvalue weighted by Crippen LogP contribution is 2.39. The Morgan fingerprint density at radius 3 is 2.72 bits per heavy atom. The lowest BCUT2D eigenvalue weighted by Gasteiger charge is -2.37. The number of amides is 2. The lowest BCUT2D eigenvalue weighted by atomic mass is 10.1. The molecule has 9 heteroatoms. The van der Waals surface area contributed by atoms with Crippen molar-refractivity contribution in [1.29, 1.82) is 0 Å². The molecule has 1 unspecified atom stereocenters. The second-order valence-corrected chi connectivity index (χ2v) is 9.70. The average molecular weight is 457 g/mol. The SMILES string of the molecule is CC(C(=O)Nc1sc2c(c1C(N)=O)CCC2)N1CCN(Cc2ccc3c(c2)OCO3)CC1. The Morgan fingerprint density at radius 2 is 1.94 bits per heavy atom. The van der Waals surface area contributed by atoms with Gasteiger partial charge in [0.1, 0.15) is 5.00 Å². The van der Waals surface area contributed by atoms with Gasteiger partial charge in [0, 0.05) is 37.6 Å². The third kappa shape index (κ3) is 4.07. The van der Waals surface area contributed by atoms with Crippen LogP contribution in [-0.2, 0) is 24.2 Å². The van der Waals surface area contributed by atoms with Gasteiger partial charge >= 0.3 is 0 Å². The van der Waals surface area contributed by atoms with Crippen molar-refractivity contribution in [3.05, 3.63) is 39.8 Å². The summed E-state index contributed by atoms with van der Waals surface area (Å²) in [5, 5.41) is 3.60. The van der Waals surface area contributed by atoms with Crippen LogP contribution in [0.4, 0.5) is 5.00 Å². The first-order chi connectivity index (χ1) is 15.5. The van der Waals surface area contributed by atoms with E-state index in [0.29, 0.717) is 10.6 Å². The fourth-order valence-corrected chi connectivity index (χ4v) is 6.04. The smallest absolute Gasteiger partial charge is 0.251 e. The Kier molecular flexibility index (Phi) is 5.79. The predicted octanol–water partition coefficient (Wildman–Crippen LogP) is 2.21. The zero-order valence-electron chi connectivity index (χ0n) is 18.2. The first-order valence-corrected chi connectivity index (χ1v) is 11.9. The molecule has 0 radical (unpaired) electrons. The van der Waals surface area contributed by atoms with E-state index in [9.17, 15) is 9.59 Å². The van der Waals surface area contributed by atoms with E-state index in [4.69, 9.17) is 15.2 Å². The monoisotopic (exact) mass is 456 g/mol. The van der Waals surface area contributed by atoms with E-state index in [2.05, 4.69) is 21.2 Å². The van der Waals surface area contributed by atoms with Crippen LogP contribution in [-0.4, -0.2) is 60.6 Å². The molecule has 3 N–H and O–H groups in total. The zero-order chi connectivity index (χ0) is 22.2. The number of hydrogen-bond donors (Lipinski definition) is 2. The minimum absolute atomic E-state index is 0.0864. The summed E-state index contributed by atoms with van der Waals surface area (Å²) >= 11 is 1.50. The van der Waals surface area contributed by atoms with E-state index in [1.807, 2.05) is 19.1 Å². The highest BCUT2D eigenvalue weighted by Gasteiger charge is 2.30. The molecule has 1 fully saturated rings. The number of ether oxygens (including phenoxy) is 2. The maximum atomic E-state index is 13.0. The minimum atomic E-state index is -0.454. The molecular formula is C23H28N4O4S. The molecule has 5 rings (SSSR count). The summed E-state index contributed by atoms with van der Waals surface area (Å²) in [7, 11) is 0. The zero-order valence-corrected chi connectivity index (χ0v) is 19.0. The summed E-state index contributed by atoms with van der Waals surface area (Å²) in [4.78, 5) is 30.7. The quantitative estimate of drug-likeness (QED) is 0.692. The van der Waals surface area contributed by atoms with E-state index < -0.39 is 5.91 Å². The van der Waals surface area contributed by atoms with Crippen LogP contribution in [0.15, 0.2) is 18.2 Å². The maximum Gasteiger partial charge on any atom is 0.251 e. The van der Waals surface area contributed by atoms with E-state index >= 15 is 0 Å². The first kappa shape index (κ1) is 21.2. The summed E-state index contributed by atoms with van der Waals surface area (Å²) in [5.41, 5.74) is 8.35. The number of nitrogens with zero attached hydrogens (tertiary/aromatic N) is 2. The Bertz CT molecular complexity index is 1040. The van der Waals surface area contributed by atoms with Crippen molar-refractivity contribution in [2.45, 2.75) is 38.8 Å².